The number of rotatable bonds is 16. The quantitative estimate of drug-likeness (QED) is 0.160. The van der Waals surface area contributed by atoms with Crippen LogP contribution in [0.2, 0.25) is 0 Å². The first-order valence-corrected chi connectivity index (χ1v) is 11.9. The minimum absolute atomic E-state index is 0.325. The molecule has 0 heterocycles. The summed E-state index contributed by atoms with van der Waals surface area (Å²) >= 11 is 0. The lowest BCUT2D eigenvalue weighted by Crippen LogP contribution is -2.11. The molecule has 2 N–H and O–H groups in total. The number of unbranched alkanes of at least 4 members (excludes halogenated alkanes) is 9. The van der Waals surface area contributed by atoms with Crippen LogP contribution in [0, 0.1) is 5.82 Å². The van der Waals surface area contributed by atoms with Crippen LogP contribution in [0.25, 0.3) is 0 Å². The molecule has 30 heavy (non-hydrogen) atoms. The summed E-state index contributed by atoms with van der Waals surface area (Å²) in [7, 11) is 0. The van der Waals surface area contributed by atoms with Crippen molar-refractivity contribution in [1.29, 1.82) is 0 Å². The van der Waals surface area contributed by atoms with Gasteiger partial charge in [-0.1, -0.05) is 78.6 Å². The van der Waals surface area contributed by atoms with Gasteiger partial charge in [-0.25, -0.2) is 9.18 Å². The predicted molar refractivity (Wildman–Crippen MR) is 120 cm³/mol. The molecule has 0 atom stereocenters. The maximum atomic E-state index is 15.3. The summed E-state index contributed by atoms with van der Waals surface area (Å²) in [6, 6.07) is 0. The van der Waals surface area contributed by atoms with Gasteiger partial charge in [-0.05, 0) is 49.7 Å². The number of hydrogen-bond acceptors (Lipinski definition) is 3. The Kier molecular flexibility index (Phi) is 13.2. The molecule has 5 heteroatoms. The van der Waals surface area contributed by atoms with Gasteiger partial charge in [0.05, 0.1) is 0 Å². The molecule has 0 spiro atoms. The minimum Gasteiger partial charge on any atom is -0.504 e. The summed E-state index contributed by atoms with van der Waals surface area (Å²) in [4.78, 5) is 11.1. The molecule has 0 amide bonds. The normalized spacial score (nSPS) is 11.1. The van der Waals surface area contributed by atoms with E-state index in [9.17, 15) is 9.90 Å². The van der Waals surface area contributed by atoms with E-state index in [1.807, 2.05) is 0 Å². The van der Waals surface area contributed by atoms with E-state index < -0.39 is 17.7 Å². The van der Waals surface area contributed by atoms with E-state index >= 15 is 4.39 Å². The lowest BCUT2D eigenvalue weighted by molar-refractivity contribution is 0.140. The summed E-state index contributed by atoms with van der Waals surface area (Å²) in [6.45, 7) is 6.43. The number of aromatic hydroxyl groups is 1. The highest BCUT2D eigenvalue weighted by atomic mass is 19.1. The molecule has 172 valence electrons. The third kappa shape index (κ3) is 8.53. The Bertz CT molecular complexity index is 604. The van der Waals surface area contributed by atoms with Crippen molar-refractivity contribution in [3.05, 3.63) is 22.5 Å². The molecule has 0 aliphatic heterocycles. The van der Waals surface area contributed by atoms with Crippen LogP contribution in [-0.4, -0.2) is 16.4 Å². The fraction of sp³-hybridized carbons (Fsp3) is 0.720. The second-order valence-corrected chi connectivity index (χ2v) is 8.23. The number of hydrogen-bond donors (Lipinski definition) is 2. The van der Waals surface area contributed by atoms with E-state index in [1.165, 1.54) is 0 Å². The van der Waals surface area contributed by atoms with Crippen molar-refractivity contribution in [2.75, 3.05) is 0 Å². The van der Waals surface area contributed by atoms with E-state index in [0.29, 0.717) is 30.4 Å². The second-order valence-electron chi connectivity index (χ2n) is 8.23. The van der Waals surface area contributed by atoms with E-state index in [2.05, 4.69) is 20.8 Å². The fourth-order valence-electron chi connectivity index (χ4n) is 4.03. The monoisotopic (exact) mass is 424 g/mol. The zero-order valence-corrected chi connectivity index (χ0v) is 19.2. The Morgan fingerprint density at radius 2 is 1.17 bits per heavy atom. The molecule has 0 aromatic heterocycles. The van der Waals surface area contributed by atoms with Crippen molar-refractivity contribution in [3.63, 3.8) is 0 Å². The van der Waals surface area contributed by atoms with Gasteiger partial charge < -0.3 is 14.9 Å². The molecule has 0 saturated carbocycles. The summed E-state index contributed by atoms with van der Waals surface area (Å²) in [5.41, 5.74) is 2.11. The molecule has 0 bridgehead atoms. The Labute approximate surface area is 181 Å². The SMILES string of the molecule is CCCCCCc1c(O)c(OC(=O)O)c(F)c(CCCCCC)c1CCCCCC. The van der Waals surface area contributed by atoms with Crippen LogP contribution in [0.5, 0.6) is 11.5 Å². The van der Waals surface area contributed by atoms with Crippen molar-refractivity contribution < 1.29 is 24.1 Å². The van der Waals surface area contributed by atoms with E-state index in [0.717, 1.165) is 82.6 Å². The number of ether oxygens (including phenoxy) is 1. The molecule has 0 aliphatic rings. The Morgan fingerprint density at radius 1 is 0.733 bits per heavy atom. The molecule has 0 radical (unpaired) electrons. The van der Waals surface area contributed by atoms with Crippen LogP contribution < -0.4 is 4.74 Å². The van der Waals surface area contributed by atoms with Crippen molar-refractivity contribution in [2.45, 2.75) is 117 Å². The molecule has 0 aliphatic carbocycles. The molecule has 0 fully saturated rings. The number of phenolic OH excluding ortho intramolecular Hbond substituents is 1. The molecule has 1 aromatic carbocycles. The Morgan fingerprint density at radius 3 is 1.60 bits per heavy atom. The molecular weight excluding hydrogens is 383 g/mol. The maximum absolute atomic E-state index is 15.3. The van der Waals surface area contributed by atoms with Crippen LogP contribution in [-0.2, 0) is 19.3 Å². The first-order chi connectivity index (χ1) is 14.5. The van der Waals surface area contributed by atoms with Crippen molar-refractivity contribution in [1.82, 2.24) is 0 Å². The van der Waals surface area contributed by atoms with Gasteiger partial charge in [-0.15, -0.1) is 0 Å². The maximum Gasteiger partial charge on any atom is 0.511 e. The van der Waals surface area contributed by atoms with Gasteiger partial charge in [0.2, 0.25) is 5.75 Å². The molecule has 1 rings (SSSR count). The third-order valence-electron chi connectivity index (χ3n) is 5.72. The smallest absolute Gasteiger partial charge is 0.504 e. The van der Waals surface area contributed by atoms with Crippen LogP contribution in [0.15, 0.2) is 0 Å². The topological polar surface area (TPSA) is 66.8 Å². The minimum atomic E-state index is -1.60. The fourth-order valence-corrected chi connectivity index (χ4v) is 4.03. The third-order valence-corrected chi connectivity index (χ3v) is 5.72. The van der Waals surface area contributed by atoms with Crippen LogP contribution in [0.4, 0.5) is 9.18 Å². The van der Waals surface area contributed by atoms with Gasteiger partial charge in [0.1, 0.15) is 0 Å². The summed E-state index contributed by atoms with van der Waals surface area (Å²) < 4.78 is 20.0. The van der Waals surface area contributed by atoms with Crippen LogP contribution in [0.3, 0.4) is 0 Å². The van der Waals surface area contributed by atoms with E-state index in [1.54, 1.807) is 0 Å². The zero-order chi connectivity index (χ0) is 22.4. The summed E-state index contributed by atoms with van der Waals surface area (Å²) in [5.74, 6) is -1.54. The van der Waals surface area contributed by atoms with Gasteiger partial charge in [-0.2, -0.15) is 0 Å². The predicted octanol–water partition coefficient (Wildman–Crippen LogP) is 7.96. The summed E-state index contributed by atoms with van der Waals surface area (Å²) in [6.07, 6.45) is 12.7. The van der Waals surface area contributed by atoms with Crippen molar-refractivity contribution >= 4 is 6.16 Å². The first-order valence-electron chi connectivity index (χ1n) is 11.9. The van der Waals surface area contributed by atoms with Gasteiger partial charge in [0.25, 0.3) is 0 Å². The second kappa shape index (κ2) is 15.1. The molecule has 1 aromatic rings. The summed E-state index contributed by atoms with van der Waals surface area (Å²) in [5, 5.41) is 19.8. The van der Waals surface area contributed by atoms with Crippen molar-refractivity contribution in [3.8, 4) is 11.5 Å². The largest absolute Gasteiger partial charge is 0.511 e. The molecule has 0 unspecified atom stereocenters. The highest BCUT2D eigenvalue weighted by Crippen LogP contribution is 2.41. The first kappa shape index (κ1) is 26.3. The van der Waals surface area contributed by atoms with Crippen LogP contribution >= 0.6 is 0 Å². The number of halogens is 1. The van der Waals surface area contributed by atoms with Gasteiger partial charge in [0.15, 0.2) is 11.6 Å². The lowest BCUT2D eigenvalue weighted by Gasteiger charge is -2.20. The van der Waals surface area contributed by atoms with E-state index in [4.69, 9.17) is 9.84 Å². The Balaban J connectivity index is 3.31. The molecule has 0 saturated heterocycles. The Hall–Kier alpha value is -1.78. The number of carboxylic acid groups (broad SMARTS) is 1. The van der Waals surface area contributed by atoms with Crippen molar-refractivity contribution in [2.24, 2.45) is 0 Å². The van der Waals surface area contributed by atoms with Gasteiger partial charge in [0, 0.05) is 5.56 Å². The number of phenols is 1. The number of benzene rings is 1. The average molecular weight is 425 g/mol. The standard InChI is InChI=1S/C25H41FO4/c1-4-7-10-13-16-19-20(17-14-11-8-5-2)22(26)24(30-25(28)29)23(27)21(19)18-15-12-9-6-3/h27H,4-18H2,1-3H3,(H,28,29). The highest BCUT2D eigenvalue weighted by molar-refractivity contribution is 5.65. The molecule has 4 nitrogen and oxygen atoms in total. The highest BCUT2D eigenvalue weighted by Gasteiger charge is 2.26. The zero-order valence-electron chi connectivity index (χ0n) is 19.2. The lowest BCUT2D eigenvalue weighted by atomic mass is 9.88. The van der Waals surface area contributed by atoms with E-state index in [-0.39, 0.29) is 5.75 Å². The molecular formula is C25H41FO4. The van der Waals surface area contributed by atoms with Crippen LogP contribution in [0.1, 0.15) is 115 Å². The number of carbonyl (C=O) groups is 1. The van der Waals surface area contributed by atoms with Gasteiger partial charge in [-0.3, -0.25) is 0 Å². The van der Waals surface area contributed by atoms with Gasteiger partial charge >= 0.3 is 6.16 Å². The average Bonchev–Trinajstić information content (AvgIpc) is 2.72.